The van der Waals surface area contributed by atoms with Crippen molar-refractivity contribution in [2.24, 2.45) is 0 Å². The number of rotatable bonds is 7. The van der Waals surface area contributed by atoms with Gasteiger partial charge in [-0.15, -0.1) is 0 Å². The zero-order valence-corrected chi connectivity index (χ0v) is 8.64. The standard InChI is InChI=1S/C8H15NO3S/c1-2-3-4-5-8-13(10,11)12-7-6-9/h2-5,7-8H2,1H3. The van der Waals surface area contributed by atoms with Gasteiger partial charge in [0.25, 0.3) is 10.1 Å². The quantitative estimate of drug-likeness (QED) is 0.466. The minimum absolute atomic E-state index is 0.0225. The van der Waals surface area contributed by atoms with Crippen LogP contribution in [-0.2, 0) is 14.3 Å². The number of nitrogens with zero attached hydrogens (tertiary/aromatic N) is 1. The van der Waals surface area contributed by atoms with E-state index in [4.69, 9.17) is 5.26 Å². The van der Waals surface area contributed by atoms with Gasteiger partial charge in [-0.25, -0.2) is 0 Å². The summed E-state index contributed by atoms with van der Waals surface area (Å²) in [6.45, 7) is 1.68. The average molecular weight is 205 g/mol. The molecule has 0 aliphatic heterocycles. The smallest absolute Gasteiger partial charge is 0.255 e. The molecule has 0 amide bonds. The summed E-state index contributed by atoms with van der Waals surface area (Å²) < 4.78 is 26.3. The lowest BCUT2D eigenvalue weighted by molar-refractivity contribution is 0.360. The molecule has 0 aliphatic rings. The van der Waals surface area contributed by atoms with Crippen LogP contribution in [0.5, 0.6) is 0 Å². The van der Waals surface area contributed by atoms with E-state index in [0.717, 1.165) is 19.3 Å². The van der Waals surface area contributed by atoms with Gasteiger partial charge in [-0.3, -0.25) is 4.18 Å². The van der Waals surface area contributed by atoms with Crippen LogP contribution in [0.3, 0.4) is 0 Å². The Bertz CT molecular complexity index is 253. The third kappa shape index (κ3) is 7.75. The Balaban J connectivity index is 3.59. The summed E-state index contributed by atoms with van der Waals surface area (Å²) in [7, 11) is -3.45. The Morgan fingerprint density at radius 1 is 1.31 bits per heavy atom. The zero-order chi connectivity index (χ0) is 10.2. The highest BCUT2D eigenvalue weighted by Gasteiger charge is 2.09. The molecule has 0 aliphatic carbocycles. The van der Waals surface area contributed by atoms with E-state index >= 15 is 0 Å². The summed E-state index contributed by atoms with van der Waals surface area (Å²) in [6, 6.07) is 1.62. The van der Waals surface area contributed by atoms with Crippen LogP contribution in [0, 0.1) is 11.3 Å². The van der Waals surface area contributed by atoms with Crippen molar-refractivity contribution >= 4 is 10.1 Å². The number of hydrogen-bond acceptors (Lipinski definition) is 4. The van der Waals surface area contributed by atoms with Crippen LogP contribution < -0.4 is 0 Å². The predicted molar refractivity (Wildman–Crippen MR) is 49.5 cm³/mol. The second-order valence-corrected chi connectivity index (χ2v) is 4.50. The first-order valence-electron chi connectivity index (χ1n) is 4.36. The van der Waals surface area contributed by atoms with Crippen molar-refractivity contribution in [1.82, 2.24) is 0 Å². The van der Waals surface area contributed by atoms with Crippen molar-refractivity contribution in [1.29, 1.82) is 5.26 Å². The summed E-state index contributed by atoms with van der Waals surface area (Å²) in [5, 5.41) is 8.10. The second-order valence-electron chi connectivity index (χ2n) is 2.74. The van der Waals surface area contributed by atoms with Gasteiger partial charge in [0.15, 0.2) is 6.61 Å². The Morgan fingerprint density at radius 3 is 2.54 bits per heavy atom. The third-order valence-corrected chi connectivity index (χ3v) is 2.82. The van der Waals surface area contributed by atoms with E-state index in [1.54, 1.807) is 6.07 Å². The van der Waals surface area contributed by atoms with Crippen LogP contribution in [0.1, 0.15) is 32.6 Å². The van der Waals surface area contributed by atoms with Gasteiger partial charge in [0, 0.05) is 0 Å². The Labute approximate surface area is 79.6 Å². The van der Waals surface area contributed by atoms with Gasteiger partial charge in [0.2, 0.25) is 0 Å². The zero-order valence-electron chi connectivity index (χ0n) is 7.82. The summed E-state index contributed by atoms with van der Waals surface area (Å²) in [4.78, 5) is 0. The van der Waals surface area contributed by atoms with Crippen molar-refractivity contribution in [2.75, 3.05) is 12.4 Å². The molecule has 0 aromatic heterocycles. The molecule has 5 heteroatoms. The summed E-state index contributed by atoms with van der Waals surface area (Å²) in [5.41, 5.74) is 0. The molecule has 0 saturated carbocycles. The highest BCUT2D eigenvalue weighted by molar-refractivity contribution is 7.86. The van der Waals surface area contributed by atoms with Crippen molar-refractivity contribution in [3.8, 4) is 6.07 Å². The monoisotopic (exact) mass is 205 g/mol. The first-order chi connectivity index (χ1) is 6.12. The van der Waals surface area contributed by atoms with E-state index in [2.05, 4.69) is 11.1 Å². The minimum atomic E-state index is -3.45. The Morgan fingerprint density at radius 2 is 2.00 bits per heavy atom. The van der Waals surface area contributed by atoms with E-state index in [9.17, 15) is 8.42 Å². The molecule has 0 heterocycles. The lowest BCUT2D eigenvalue weighted by atomic mass is 10.2. The van der Waals surface area contributed by atoms with Crippen molar-refractivity contribution in [3.05, 3.63) is 0 Å². The third-order valence-electron chi connectivity index (χ3n) is 1.55. The molecule has 0 N–H and O–H groups in total. The van der Waals surface area contributed by atoms with Crippen LogP contribution >= 0.6 is 0 Å². The molecule has 0 saturated heterocycles. The Kier molecular flexibility index (Phi) is 6.55. The normalized spacial score (nSPS) is 11.1. The molecular weight excluding hydrogens is 190 g/mol. The van der Waals surface area contributed by atoms with E-state index in [1.807, 2.05) is 0 Å². The highest BCUT2D eigenvalue weighted by Crippen LogP contribution is 2.03. The molecule has 0 aromatic carbocycles. The second kappa shape index (κ2) is 6.87. The maximum absolute atomic E-state index is 11.0. The SMILES string of the molecule is CCCCCCS(=O)(=O)OCC#N. The van der Waals surface area contributed by atoms with Gasteiger partial charge in [-0.1, -0.05) is 26.2 Å². The lowest BCUT2D eigenvalue weighted by Gasteiger charge is -2.01. The fourth-order valence-corrected chi connectivity index (χ4v) is 1.79. The van der Waals surface area contributed by atoms with Gasteiger partial charge in [0.05, 0.1) is 11.8 Å². The molecule has 0 radical (unpaired) electrons. The highest BCUT2D eigenvalue weighted by atomic mass is 32.2. The summed E-state index contributed by atoms with van der Waals surface area (Å²) in [5.74, 6) is 0.0225. The summed E-state index contributed by atoms with van der Waals surface area (Å²) in [6.07, 6.45) is 3.61. The van der Waals surface area contributed by atoms with Crippen molar-refractivity contribution in [2.45, 2.75) is 32.6 Å². The molecule has 0 spiro atoms. The number of nitriles is 1. The van der Waals surface area contributed by atoms with E-state index in [1.165, 1.54) is 0 Å². The molecule has 76 valence electrons. The number of hydrogen-bond donors (Lipinski definition) is 0. The molecule has 0 aromatic rings. The van der Waals surface area contributed by atoms with Gasteiger partial charge < -0.3 is 0 Å². The largest absolute Gasteiger partial charge is 0.268 e. The number of unbranched alkanes of at least 4 members (excludes halogenated alkanes) is 3. The lowest BCUT2D eigenvalue weighted by Crippen LogP contribution is -2.10. The fourth-order valence-electron chi connectivity index (χ4n) is 0.881. The van der Waals surface area contributed by atoms with Gasteiger partial charge in [-0.2, -0.15) is 13.7 Å². The molecule has 0 bridgehead atoms. The first-order valence-corrected chi connectivity index (χ1v) is 5.94. The van der Waals surface area contributed by atoms with E-state index < -0.39 is 10.1 Å². The molecule has 4 nitrogen and oxygen atoms in total. The molecule has 0 unspecified atom stereocenters. The van der Waals surface area contributed by atoms with Crippen molar-refractivity contribution in [3.63, 3.8) is 0 Å². The Hall–Kier alpha value is -0.600. The fraction of sp³-hybridized carbons (Fsp3) is 0.875. The molecular formula is C8H15NO3S. The van der Waals surface area contributed by atoms with Gasteiger partial charge in [-0.05, 0) is 6.42 Å². The van der Waals surface area contributed by atoms with Crippen LogP contribution in [0.15, 0.2) is 0 Å². The van der Waals surface area contributed by atoms with Crippen LogP contribution in [0.25, 0.3) is 0 Å². The topological polar surface area (TPSA) is 67.2 Å². The van der Waals surface area contributed by atoms with E-state index in [-0.39, 0.29) is 12.4 Å². The first kappa shape index (κ1) is 12.4. The average Bonchev–Trinajstić information content (AvgIpc) is 2.09. The van der Waals surface area contributed by atoms with Gasteiger partial charge >= 0.3 is 0 Å². The summed E-state index contributed by atoms with van der Waals surface area (Å²) >= 11 is 0. The van der Waals surface area contributed by atoms with Crippen LogP contribution in [0.4, 0.5) is 0 Å². The van der Waals surface area contributed by atoms with Crippen molar-refractivity contribution < 1.29 is 12.6 Å². The predicted octanol–water partition coefficient (Wildman–Crippen LogP) is 1.44. The minimum Gasteiger partial charge on any atom is -0.255 e. The maximum Gasteiger partial charge on any atom is 0.268 e. The van der Waals surface area contributed by atoms with E-state index in [0.29, 0.717) is 6.42 Å². The maximum atomic E-state index is 11.0. The van der Waals surface area contributed by atoms with Crippen LogP contribution in [0.2, 0.25) is 0 Å². The van der Waals surface area contributed by atoms with Gasteiger partial charge in [0.1, 0.15) is 0 Å². The molecule has 0 atom stereocenters. The van der Waals surface area contributed by atoms with Crippen LogP contribution in [-0.4, -0.2) is 20.8 Å². The molecule has 0 fully saturated rings. The molecule has 0 rings (SSSR count). The molecule has 13 heavy (non-hydrogen) atoms.